The van der Waals surface area contributed by atoms with Crippen LogP contribution in [0.3, 0.4) is 0 Å². The normalized spacial score (nSPS) is 13.7. The van der Waals surface area contributed by atoms with Gasteiger partial charge in [0.15, 0.2) is 0 Å². The summed E-state index contributed by atoms with van der Waals surface area (Å²) >= 11 is 0. The van der Waals surface area contributed by atoms with Crippen LogP contribution in [0.25, 0.3) is 0 Å². The Balaban J connectivity index is 2.09. The Bertz CT molecular complexity index is 499. The number of carbonyl (C=O) groups excluding carboxylic acids is 1. The second-order valence-electron chi connectivity index (χ2n) is 5.73. The van der Waals surface area contributed by atoms with E-state index < -0.39 is 0 Å². The Labute approximate surface area is 144 Å². The Hall–Kier alpha value is -1.85. The van der Waals surface area contributed by atoms with Crippen molar-refractivity contribution in [2.24, 2.45) is 11.7 Å². The third kappa shape index (κ3) is 7.62. The SMILES string of the molecule is COC(=O)[C@@H](C)[C@H](N)C/C=C\CCCOCc1ccc(OC)cc1. The first-order chi connectivity index (χ1) is 11.6. The van der Waals surface area contributed by atoms with Gasteiger partial charge in [0.2, 0.25) is 0 Å². The van der Waals surface area contributed by atoms with Gasteiger partial charge in [-0.2, -0.15) is 0 Å². The van der Waals surface area contributed by atoms with Crippen LogP contribution in [0.1, 0.15) is 31.7 Å². The molecule has 0 aliphatic rings. The molecular weight excluding hydrogens is 306 g/mol. The molecule has 2 atom stereocenters. The van der Waals surface area contributed by atoms with Gasteiger partial charge in [-0.05, 0) is 37.0 Å². The summed E-state index contributed by atoms with van der Waals surface area (Å²) in [7, 11) is 3.04. The number of hydrogen-bond donors (Lipinski definition) is 1. The maximum absolute atomic E-state index is 11.4. The fraction of sp³-hybridized carbons (Fsp3) is 0.526. The van der Waals surface area contributed by atoms with Gasteiger partial charge in [-0.1, -0.05) is 31.2 Å². The van der Waals surface area contributed by atoms with Gasteiger partial charge in [-0.3, -0.25) is 4.79 Å². The molecular formula is C19H29NO4. The van der Waals surface area contributed by atoms with E-state index in [1.165, 1.54) is 7.11 Å². The van der Waals surface area contributed by atoms with Gasteiger partial charge in [0.1, 0.15) is 5.75 Å². The van der Waals surface area contributed by atoms with E-state index in [-0.39, 0.29) is 17.9 Å². The summed E-state index contributed by atoms with van der Waals surface area (Å²) in [4.78, 5) is 11.4. The van der Waals surface area contributed by atoms with Crippen molar-refractivity contribution in [2.75, 3.05) is 20.8 Å². The average molecular weight is 335 g/mol. The summed E-state index contributed by atoms with van der Waals surface area (Å²) in [5, 5.41) is 0. The number of ether oxygens (including phenoxy) is 3. The maximum Gasteiger partial charge on any atom is 0.309 e. The first kappa shape index (κ1) is 20.2. The van der Waals surface area contributed by atoms with Gasteiger partial charge in [0.25, 0.3) is 0 Å². The lowest BCUT2D eigenvalue weighted by Crippen LogP contribution is -2.33. The molecule has 5 nitrogen and oxygen atoms in total. The fourth-order valence-electron chi connectivity index (χ4n) is 2.15. The van der Waals surface area contributed by atoms with Crippen LogP contribution in [0.2, 0.25) is 0 Å². The van der Waals surface area contributed by atoms with Gasteiger partial charge in [0.05, 0.1) is 26.7 Å². The zero-order chi connectivity index (χ0) is 17.8. The van der Waals surface area contributed by atoms with Crippen LogP contribution < -0.4 is 10.5 Å². The largest absolute Gasteiger partial charge is 0.497 e. The molecule has 0 aromatic heterocycles. The molecule has 5 heteroatoms. The highest BCUT2D eigenvalue weighted by Crippen LogP contribution is 2.12. The molecule has 0 amide bonds. The standard InChI is InChI=1S/C19H29NO4/c1-15(19(21)23-3)18(20)8-6-4-5-7-13-24-14-16-9-11-17(22-2)12-10-16/h4,6,9-12,15,18H,5,7-8,13-14,20H2,1-3H3/b6-4-/t15-,18+/m0/s1. The molecule has 0 aliphatic carbocycles. The van der Waals surface area contributed by atoms with E-state index in [1.54, 1.807) is 14.0 Å². The summed E-state index contributed by atoms with van der Waals surface area (Å²) < 4.78 is 15.4. The minimum atomic E-state index is -0.285. The van der Waals surface area contributed by atoms with Gasteiger partial charge < -0.3 is 19.9 Å². The van der Waals surface area contributed by atoms with Crippen molar-refractivity contribution >= 4 is 5.97 Å². The second kappa shape index (κ2) is 11.6. The highest BCUT2D eigenvalue weighted by Gasteiger charge is 2.19. The molecule has 0 aliphatic heterocycles. The molecule has 0 bridgehead atoms. The fourth-order valence-corrected chi connectivity index (χ4v) is 2.15. The van der Waals surface area contributed by atoms with Crippen LogP contribution in [0.5, 0.6) is 5.75 Å². The third-order valence-electron chi connectivity index (χ3n) is 3.88. The van der Waals surface area contributed by atoms with E-state index in [9.17, 15) is 4.79 Å². The number of esters is 1. The van der Waals surface area contributed by atoms with Crippen LogP contribution in [0, 0.1) is 5.92 Å². The van der Waals surface area contributed by atoms with Crippen LogP contribution >= 0.6 is 0 Å². The number of benzene rings is 1. The monoisotopic (exact) mass is 335 g/mol. The van der Waals surface area contributed by atoms with Crippen molar-refractivity contribution < 1.29 is 19.0 Å². The average Bonchev–Trinajstić information content (AvgIpc) is 2.62. The van der Waals surface area contributed by atoms with Crippen molar-refractivity contribution in [3.63, 3.8) is 0 Å². The highest BCUT2D eigenvalue weighted by molar-refractivity contribution is 5.72. The Morgan fingerprint density at radius 2 is 1.92 bits per heavy atom. The van der Waals surface area contributed by atoms with Gasteiger partial charge in [-0.25, -0.2) is 0 Å². The van der Waals surface area contributed by atoms with E-state index >= 15 is 0 Å². The number of unbranched alkanes of at least 4 members (excludes halogenated alkanes) is 1. The predicted molar refractivity (Wildman–Crippen MR) is 94.8 cm³/mol. The minimum absolute atomic E-state index is 0.208. The number of rotatable bonds is 11. The second-order valence-corrected chi connectivity index (χ2v) is 5.73. The number of methoxy groups -OCH3 is 2. The molecule has 0 heterocycles. The summed E-state index contributed by atoms with van der Waals surface area (Å²) in [6, 6.07) is 7.66. The van der Waals surface area contributed by atoms with Crippen LogP contribution in [0.4, 0.5) is 0 Å². The van der Waals surface area contributed by atoms with E-state index in [0.717, 1.165) is 24.2 Å². The quantitative estimate of drug-likeness (QED) is 0.382. The molecule has 0 unspecified atom stereocenters. The van der Waals surface area contributed by atoms with E-state index in [2.05, 4.69) is 10.8 Å². The molecule has 1 aromatic carbocycles. The van der Waals surface area contributed by atoms with Crippen molar-refractivity contribution in [3.8, 4) is 5.75 Å². The van der Waals surface area contributed by atoms with Crippen LogP contribution in [-0.2, 0) is 20.9 Å². The summed E-state index contributed by atoms with van der Waals surface area (Å²) in [6.07, 6.45) is 6.66. The number of hydrogen-bond acceptors (Lipinski definition) is 5. The summed E-state index contributed by atoms with van der Waals surface area (Å²) in [5.74, 6) is 0.305. The predicted octanol–water partition coefficient (Wildman–Crippen LogP) is 3.07. The molecule has 0 saturated carbocycles. The van der Waals surface area contributed by atoms with Crippen molar-refractivity contribution in [1.29, 1.82) is 0 Å². The number of nitrogens with two attached hydrogens (primary N) is 1. The number of carbonyl (C=O) groups is 1. The van der Waals surface area contributed by atoms with Gasteiger partial charge in [0, 0.05) is 12.6 Å². The lowest BCUT2D eigenvalue weighted by Gasteiger charge is -2.15. The van der Waals surface area contributed by atoms with E-state index in [1.807, 2.05) is 30.3 Å². The highest BCUT2D eigenvalue weighted by atomic mass is 16.5. The Morgan fingerprint density at radius 1 is 1.21 bits per heavy atom. The van der Waals surface area contributed by atoms with Crippen LogP contribution in [-0.4, -0.2) is 32.8 Å². The topological polar surface area (TPSA) is 70.8 Å². The van der Waals surface area contributed by atoms with Gasteiger partial charge in [-0.15, -0.1) is 0 Å². The molecule has 134 valence electrons. The molecule has 0 saturated heterocycles. The van der Waals surface area contributed by atoms with Crippen molar-refractivity contribution in [3.05, 3.63) is 42.0 Å². The van der Waals surface area contributed by atoms with E-state index in [4.69, 9.17) is 15.2 Å². The van der Waals surface area contributed by atoms with E-state index in [0.29, 0.717) is 19.6 Å². The van der Waals surface area contributed by atoms with Crippen molar-refractivity contribution in [2.45, 2.75) is 38.8 Å². The minimum Gasteiger partial charge on any atom is -0.497 e. The van der Waals surface area contributed by atoms with Crippen molar-refractivity contribution in [1.82, 2.24) is 0 Å². The Morgan fingerprint density at radius 3 is 2.54 bits per heavy atom. The lowest BCUT2D eigenvalue weighted by atomic mass is 10.00. The first-order valence-corrected chi connectivity index (χ1v) is 8.27. The first-order valence-electron chi connectivity index (χ1n) is 8.27. The summed E-state index contributed by atoms with van der Waals surface area (Å²) in [5.41, 5.74) is 7.09. The molecule has 0 fully saturated rings. The third-order valence-corrected chi connectivity index (χ3v) is 3.88. The van der Waals surface area contributed by atoms with Gasteiger partial charge >= 0.3 is 5.97 Å². The zero-order valence-electron chi connectivity index (χ0n) is 14.9. The van der Waals surface area contributed by atoms with Crippen LogP contribution in [0.15, 0.2) is 36.4 Å². The molecule has 1 aromatic rings. The molecule has 0 radical (unpaired) electrons. The smallest absolute Gasteiger partial charge is 0.309 e. The zero-order valence-corrected chi connectivity index (χ0v) is 14.9. The summed E-state index contributed by atoms with van der Waals surface area (Å²) in [6.45, 7) is 3.10. The maximum atomic E-state index is 11.4. The molecule has 24 heavy (non-hydrogen) atoms. The lowest BCUT2D eigenvalue weighted by molar-refractivity contribution is -0.145. The molecule has 2 N–H and O–H groups in total. The molecule has 1 rings (SSSR count). The number of allylic oxidation sites excluding steroid dienone is 1. The Kier molecular flexibility index (Phi) is 9.80. The molecule has 0 spiro atoms.